The highest BCUT2D eigenvalue weighted by molar-refractivity contribution is 6.27. The molecule has 0 fully saturated rings. The Morgan fingerprint density at radius 1 is 1.09 bits per heavy atom. The van der Waals surface area contributed by atoms with Crippen LogP contribution < -0.4 is 4.74 Å². The number of halogens is 1. The van der Waals surface area contributed by atoms with Crippen LogP contribution in [0.25, 0.3) is 0 Å². The smallest absolute Gasteiger partial charge is 0.238 e. The summed E-state index contributed by atoms with van der Waals surface area (Å²) in [7, 11) is 1.61. The number of alkyl halides is 1. The van der Waals surface area contributed by atoms with E-state index in [1.807, 2.05) is 36.4 Å². The SMILES string of the molecule is COc1ccc(CN(Cc2ccc(C#N)cc2)C(=O)CCl)cc1. The predicted octanol–water partition coefficient (Wildman–Crippen LogP) is 3.33. The monoisotopic (exact) mass is 328 g/mol. The van der Waals surface area contributed by atoms with Crippen molar-refractivity contribution in [2.45, 2.75) is 13.1 Å². The highest BCUT2D eigenvalue weighted by Gasteiger charge is 2.13. The molecule has 0 N–H and O–H groups in total. The van der Waals surface area contributed by atoms with Crippen LogP contribution in [0.4, 0.5) is 0 Å². The van der Waals surface area contributed by atoms with Gasteiger partial charge in [-0.05, 0) is 35.4 Å². The van der Waals surface area contributed by atoms with Crippen molar-refractivity contribution in [2.75, 3.05) is 13.0 Å². The van der Waals surface area contributed by atoms with Crippen molar-refractivity contribution in [3.05, 3.63) is 65.2 Å². The van der Waals surface area contributed by atoms with E-state index < -0.39 is 0 Å². The van der Waals surface area contributed by atoms with E-state index in [-0.39, 0.29) is 11.8 Å². The van der Waals surface area contributed by atoms with Gasteiger partial charge in [-0.25, -0.2) is 0 Å². The van der Waals surface area contributed by atoms with Gasteiger partial charge in [-0.15, -0.1) is 11.6 Å². The maximum absolute atomic E-state index is 12.1. The minimum absolute atomic E-state index is 0.0631. The molecule has 0 aliphatic heterocycles. The number of carbonyl (C=O) groups excluding carboxylic acids is 1. The van der Waals surface area contributed by atoms with Gasteiger partial charge in [0.1, 0.15) is 11.6 Å². The quantitative estimate of drug-likeness (QED) is 0.764. The third-order valence-electron chi connectivity index (χ3n) is 3.46. The van der Waals surface area contributed by atoms with Gasteiger partial charge in [0.25, 0.3) is 0 Å². The summed E-state index contributed by atoms with van der Waals surface area (Å²) in [6.45, 7) is 0.916. The molecular weight excluding hydrogens is 312 g/mol. The second-order valence-corrected chi connectivity index (χ2v) is 5.31. The number of amides is 1. The first kappa shape index (κ1) is 16.9. The highest BCUT2D eigenvalue weighted by atomic mass is 35.5. The zero-order valence-electron chi connectivity index (χ0n) is 12.8. The Labute approximate surface area is 140 Å². The van der Waals surface area contributed by atoms with Gasteiger partial charge in [-0.3, -0.25) is 4.79 Å². The van der Waals surface area contributed by atoms with Crippen molar-refractivity contribution < 1.29 is 9.53 Å². The molecule has 2 aromatic rings. The number of benzene rings is 2. The second kappa shape index (κ2) is 8.21. The lowest BCUT2D eigenvalue weighted by Crippen LogP contribution is -2.31. The molecule has 2 rings (SSSR count). The number of hydrogen-bond donors (Lipinski definition) is 0. The molecule has 0 aliphatic rings. The first-order valence-corrected chi connectivity index (χ1v) is 7.65. The molecule has 0 radical (unpaired) electrons. The Bertz CT molecular complexity index is 690. The highest BCUT2D eigenvalue weighted by Crippen LogP contribution is 2.15. The van der Waals surface area contributed by atoms with E-state index in [0.29, 0.717) is 18.7 Å². The maximum Gasteiger partial charge on any atom is 0.238 e. The number of methoxy groups -OCH3 is 1. The lowest BCUT2D eigenvalue weighted by atomic mass is 10.1. The van der Waals surface area contributed by atoms with Crippen LogP contribution in [0.2, 0.25) is 0 Å². The summed E-state index contributed by atoms with van der Waals surface area (Å²) in [6, 6.07) is 16.8. The Kier molecular flexibility index (Phi) is 6.02. The lowest BCUT2D eigenvalue weighted by molar-refractivity contribution is -0.129. The molecule has 0 atom stereocenters. The average molecular weight is 329 g/mol. The third-order valence-corrected chi connectivity index (χ3v) is 3.68. The van der Waals surface area contributed by atoms with E-state index in [9.17, 15) is 4.79 Å². The lowest BCUT2D eigenvalue weighted by Gasteiger charge is -2.22. The van der Waals surface area contributed by atoms with Crippen molar-refractivity contribution >= 4 is 17.5 Å². The number of nitrogens with zero attached hydrogens (tertiary/aromatic N) is 2. The van der Waals surface area contributed by atoms with Crippen LogP contribution in [-0.2, 0) is 17.9 Å². The van der Waals surface area contributed by atoms with Crippen LogP contribution in [0.5, 0.6) is 5.75 Å². The fraction of sp³-hybridized carbons (Fsp3) is 0.222. The van der Waals surface area contributed by atoms with Gasteiger partial charge in [0.2, 0.25) is 5.91 Å². The fourth-order valence-corrected chi connectivity index (χ4v) is 2.34. The van der Waals surface area contributed by atoms with Crippen LogP contribution in [0.1, 0.15) is 16.7 Å². The van der Waals surface area contributed by atoms with E-state index in [4.69, 9.17) is 21.6 Å². The topological polar surface area (TPSA) is 53.3 Å². The molecule has 4 nitrogen and oxygen atoms in total. The van der Waals surface area contributed by atoms with Crippen molar-refractivity contribution in [1.29, 1.82) is 5.26 Å². The van der Waals surface area contributed by atoms with E-state index in [0.717, 1.165) is 16.9 Å². The van der Waals surface area contributed by atoms with Crippen LogP contribution in [0.15, 0.2) is 48.5 Å². The van der Waals surface area contributed by atoms with Crippen molar-refractivity contribution in [1.82, 2.24) is 4.90 Å². The van der Waals surface area contributed by atoms with Crippen LogP contribution in [0.3, 0.4) is 0 Å². The average Bonchev–Trinajstić information content (AvgIpc) is 2.61. The summed E-state index contributed by atoms with van der Waals surface area (Å²) in [5.41, 5.74) is 2.55. The Morgan fingerprint density at radius 2 is 1.61 bits per heavy atom. The zero-order valence-corrected chi connectivity index (χ0v) is 13.6. The number of ether oxygens (including phenoxy) is 1. The molecule has 0 saturated carbocycles. The van der Waals surface area contributed by atoms with Gasteiger partial charge in [-0.2, -0.15) is 5.26 Å². The Balaban J connectivity index is 2.12. The zero-order chi connectivity index (χ0) is 16.7. The second-order valence-electron chi connectivity index (χ2n) is 5.04. The predicted molar refractivity (Wildman–Crippen MR) is 89.1 cm³/mol. The number of hydrogen-bond acceptors (Lipinski definition) is 3. The standard InChI is InChI=1S/C18H17ClN2O2/c1-23-17-8-6-16(7-9-17)13-21(18(22)10-19)12-15-4-2-14(11-20)3-5-15/h2-9H,10,12-13H2,1H3. The van der Waals surface area contributed by atoms with Gasteiger partial charge in [-0.1, -0.05) is 24.3 Å². The van der Waals surface area contributed by atoms with Crippen molar-refractivity contribution in [3.63, 3.8) is 0 Å². The molecule has 118 valence electrons. The number of carbonyl (C=O) groups is 1. The molecule has 0 saturated heterocycles. The normalized spacial score (nSPS) is 9.96. The summed E-state index contributed by atoms with van der Waals surface area (Å²) in [5.74, 6) is 0.579. The maximum atomic E-state index is 12.1. The summed E-state index contributed by atoms with van der Waals surface area (Å²) >= 11 is 5.72. The summed E-state index contributed by atoms with van der Waals surface area (Å²) in [5, 5.41) is 8.83. The fourth-order valence-electron chi connectivity index (χ4n) is 2.17. The molecule has 0 bridgehead atoms. The van der Waals surface area contributed by atoms with Crippen molar-refractivity contribution in [3.8, 4) is 11.8 Å². The summed E-state index contributed by atoms with van der Waals surface area (Å²) in [6.07, 6.45) is 0. The molecule has 0 spiro atoms. The number of rotatable bonds is 6. The third kappa shape index (κ3) is 4.73. The Morgan fingerprint density at radius 3 is 2.04 bits per heavy atom. The molecule has 5 heteroatoms. The largest absolute Gasteiger partial charge is 0.497 e. The van der Waals surface area contributed by atoms with E-state index in [1.165, 1.54) is 0 Å². The minimum atomic E-state index is -0.133. The Hall–Kier alpha value is -2.51. The first-order chi connectivity index (χ1) is 11.2. The van der Waals surface area contributed by atoms with Crippen molar-refractivity contribution in [2.24, 2.45) is 0 Å². The van der Waals surface area contributed by atoms with Crippen LogP contribution in [0, 0.1) is 11.3 Å². The van der Waals surface area contributed by atoms with Gasteiger partial charge >= 0.3 is 0 Å². The summed E-state index contributed by atoms with van der Waals surface area (Å²) < 4.78 is 5.13. The van der Waals surface area contributed by atoms with Gasteiger partial charge in [0.05, 0.1) is 18.7 Å². The van der Waals surface area contributed by atoms with Gasteiger partial charge in [0.15, 0.2) is 0 Å². The van der Waals surface area contributed by atoms with Crippen LogP contribution >= 0.6 is 11.6 Å². The minimum Gasteiger partial charge on any atom is -0.497 e. The molecule has 0 aromatic heterocycles. The van der Waals surface area contributed by atoms with E-state index in [2.05, 4.69) is 6.07 Å². The molecular formula is C18H17ClN2O2. The molecule has 1 amide bonds. The first-order valence-electron chi connectivity index (χ1n) is 7.12. The molecule has 0 heterocycles. The molecule has 2 aromatic carbocycles. The summed E-state index contributed by atoms with van der Waals surface area (Å²) in [4.78, 5) is 13.8. The molecule has 23 heavy (non-hydrogen) atoms. The molecule has 0 aliphatic carbocycles. The molecule has 0 unspecified atom stereocenters. The number of nitriles is 1. The van der Waals surface area contributed by atoms with E-state index in [1.54, 1.807) is 24.1 Å². The van der Waals surface area contributed by atoms with E-state index >= 15 is 0 Å². The van der Waals surface area contributed by atoms with Gasteiger partial charge in [0, 0.05) is 13.1 Å². The van der Waals surface area contributed by atoms with Crippen LogP contribution in [-0.4, -0.2) is 23.8 Å². The van der Waals surface area contributed by atoms with Gasteiger partial charge < -0.3 is 9.64 Å².